The van der Waals surface area contributed by atoms with Crippen molar-refractivity contribution >= 4 is 16.5 Å². The maximum Gasteiger partial charge on any atom is 0.335 e. The molecule has 1 atom stereocenters. The minimum atomic E-state index is -4.05. The SMILES string of the molecule is CCC[N+]1=C[NH+](CCCS(=O)(=O)[O-])C=C1. The van der Waals surface area contributed by atoms with Crippen LogP contribution >= 0.6 is 0 Å². The van der Waals surface area contributed by atoms with Crippen molar-refractivity contribution in [3.05, 3.63) is 12.4 Å². The van der Waals surface area contributed by atoms with Gasteiger partial charge in [0.2, 0.25) is 6.20 Å². The molecular weight excluding hydrogens is 216 g/mol. The molecule has 6 heteroatoms. The van der Waals surface area contributed by atoms with E-state index in [1.165, 1.54) is 0 Å². The van der Waals surface area contributed by atoms with Crippen molar-refractivity contribution in [3.8, 4) is 0 Å². The highest BCUT2D eigenvalue weighted by atomic mass is 32.2. The summed E-state index contributed by atoms with van der Waals surface area (Å²) in [6.07, 6.45) is 7.42. The Balaban J connectivity index is 2.28. The van der Waals surface area contributed by atoms with E-state index >= 15 is 0 Å². The second-order valence-corrected chi connectivity index (χ2v) is 5.15. The van der Waals surface area contributed by atoms with Crippen molar-refractivity contribution in [2.24, 2.45) is 0 Å². The summed E-state index contributed by atoms with van der Waals surface area (Å²) < 4.78 is 33.2. The third-order valence-electron chi connectivity index (χ3n) is 2.15. The smallest absolute Gasteiger partial charge is 0.335 e. The third-order valence-corrected chi connectivity index (χ3v) is 2.94. The van der Waals surface area contributed by atoms with Crippen molar-refractivity contribution in [2.45, 2.75) is 19.8 Å². The van der Waals surface area contributed by atoms with Gasteiger partial charge in [0.1, 0.15) is 0 Å². The number of hydrogen-bond acceptors (Lipinski definition) is 3. The number of rotatable bonds is 6. The van der Waals surface area contributed by atoms with E-state index in [2.05, 4.69) is 11.5 Å². The Bertz CT molecular complexity index is 360. The normalized spacial score (nSPS) is 20.7. The van der Waals surface area contributed by atoms with Gasteiger partial charge in [-0.3, -0.25) is 0 Å². The molecule has 1 aliphatic heterocycles. The predicted octanol–water partition coefficient (Wildman–Crippen LogP) is -1.26. The number of nitrogens with zero attached hydrogens (tertiary/aromatic N) is 1. The first-order valence-electron chi connectivity index (χ1n) is 5.09. The van der Waals surface area contributed by atoms with Gasteiger partial charge in [0, 0.05) is 18.6 Å². The van der Waals surface area contributed by atoms with Crippen molar-refractivity contribution in [1.82, 2.24) is 0 Å². The Morgan fingerprint density at radius 1 is 1.47 bits per heavy atom. The van der Waals surface area contributed by atoms with Gasteiger partial charge in [0.25, 0.3) is 0 Å². The van der Waals surface area contributed by atoms with E-state index < -0.39 is 10.1 Å². The van der Waals surface area contributed by atoms with Gasteiger partial charge in [-0.25, -0.2) is 13.3 Å². The Hall–Kier alpha value is -0.720. The van der Waals surface area contributed by atoms with Crippen LogP contribution in [0.3, 0.4) is 0 Å². The summed E-state index contributed by atoms with van der Waals surface area (Å²) in [5, 5.41) is 0. The Morgan fingerprint density at radius 3 is 2.80 bits per heavy atom. The molecule has 15 heavy (non-hydrogen) atoms. The Kier molecular flexibility index (Phi) is 4.44. The highest BCUT2D eigenvalue weighted by Crippen LogP contribution is 1.86. The van der Waals surface area contributed by atoms with Gasteiger partial charge >= 0.3 is 6.34 Å². The van der Waals surface area contributed by atoms with E-state index in [-0.39, 0.29) is 5.75 Å². The first-order valence-corrected chi connectivity index (χ1v) is 6.67. The topological polar surface area (TPSA) is 64.7 Å². The van der Waals surface area contributed by atoms with Gasteiger partial charge in [-0.15, -0.1) is 0 Å². The summed E-state index contributed by atoms with van der Waals surface area (Å²) in [5.74, 6) is -0.272. The van der Waals surface area contributed by atoms with Gasteiger partial charge in [-0.1, -0.05) is 6.92 Å². The highest BCUT2D eigenvalue weighted by molar-refractivity contribution is 7.85. The number of quaternary nitrogens is 1. The fourth-order valence-electron chi connectivity index (χ4n) is 1.49. The number of nitrogens with one attached hydrogen (secondary N) is 1. The summed E-state index contributed by atoms with van der Waals surface area (Å²) in [6.45, 7) is 3.72. The molecule has 0 spiro atoms. The lowest BCUT2D eigenvalue weighted by Gasteiger charge is -2.06. The Morgan fingerprint density at radius 2 is 2.20 bits per heavy atom. The summed E-state index contributed by atoms with van der Waals surface area (Å²) in [7, 11) is -4.05. The average molecular weight is 233 g/mol. The summed E-state index contributed by atoms with van der Waals surface area (Å²) >= 11 is 0. The van der Waals surface area contributed by atoms with Crippen LogP contribution in [0.25, 0.3) is 0 Å². The summed E-state index contributed by atoms with van der Waals surface area (Å²) in [4.78, 5) is 1.09. The monoisotopic (exact) mass is 233 g/mol. The van der Waals surface area contributed by atoms with Crippen LogP contribution in [-0.4, -0.2) is 42.7 Å². The molecule has 1 heterocycles. The molecular formula is C9H17N2O3S+. The predicted molar refractivity (Wildman–Crippen MR) is 55.6 cm³/mol. The first kappa shape index (κ1) is 12.4. The van der Waals surface area contributed by atoms with Crippen LogP contribution in [0.1, 0.15) is 19.8 Å². The van der Waals surface area contributed by atoms with Crippen LogP contribution in [0.15, 0.2) is 12.4 Å². The molecule has 0 saturated heterocycles. The quantitative estimate of drug-likeness (QED) is 0.460. The zero-order chi connectivity index (χ0) is 11.3. The molecule has 0 amide bonds. The first-order chi connectivity index (χ1) is 7.01. The van der Waals surface area contributed by atoms with Crippen LogP contribution < -0.4 is 4.90 Å². The van der Waals surface area contributed by atoms with Crippen molar-refractivity contribution < 1.29 is 22.4 Å². The molecule has 1 rings (SSSR count). The molecule has 1 N–H and O–H groups in total. The van der Waals surface area contributed by atoms with Crippen LogP contribution in [0, 0.1) is 0 Å². The van der Waals surface area contributed by atoms with Crippen LogP contribution in [-0.2, 0) is 10.1 Å². The van der Waals surface area contributed by atoms with E-state index in [4.69, 9.17) is 0 Å². The molecule has 0 bridgehead atoms. The highest BCUT2D eigenvalue weighted by Gasteiger charge is 2.16. The maximum atomic E-state index is 10.4. The molecule has 1 unspecified atom stereocenters. The van der Waals surface area contributed by atoms with E-state index in [0.717, 1.165) is 17.9 Å². The molecule has 0 saturated carbocycles. The third kappa shape index (κ3) is 5.06. The zero-order valence-corrected chi connectivity index (χ0v) is 9.66. The molecule has 1 aliphatic rings. The zero-order valence-electron chi connectivity index (χ0n) is 8.85. The molecule has 0 aliphatic carbocycles. The fourth-order valence-corrected chi connectivity index (χ4v) is 1.99. The maximum absolute atomic E-state index is 10.4. The summed E-state index contributed by atoms with van der Waals surface area (Å²) in [6, 6.07) is 0. The minimum Gasteiger partial charge on any atom is -0.748 e. The second-order valence-electron chi connectivity index (χ2n) is 3.62. The van der Waals surface area contributed by atoms with Crippen LogP contribution in [0.5, 0.6) is 0 Å². The van der Waals surface area contributed by atoms with Crippen molar-refractivity contribution in [3.63, 3.8) is 0 Å². The largest absolute Gasteiger partial charge is 0.748 e. The van der Waals surface area contributed by atoms with Crippen LogP contribution in [0.4, 0.5) is 0 Å². The van der Waals surface area contributed by atoms with Gasteiger partial charge in [0.15, 0.2) is 12.7 Å². The van der Waals surface area contributed by atoms with E-state index in [1.807, 2.05) is 18.7 Å². The molecule has 0 aromatic carbocycles. The van der Waals surface area contributed by atoms with Gasteiger partial charge < -0.3 is 4.55 Å². The van der Waals surface area contributed by atoms with Gasteiger partial charge in [-0.05, 0) is 0 Å². The molecule has 0 aromatic rings. The fraction of sp³-hybridized carbons (Fsp3) is 0.667. The van der Waals surface area contributed by atoms with E-state index in [0.29, 0.717) is 13.0 Å². The van der Waals surface area contributed by atoms with Gasteiger partial charge in [0.05, 0.1) is 16.7 Å². The second kappa shape index (κ2) is 5.39. The van der Waals surface area contributed by atoms with Crippen molar-refractivity contribution in [1.29, 1.82) is 0 Å². The molecule has 0 radical (unpaired) electrons. The molecule has 86 valence electrons. The lowest BCUT2D eigenvalue weighted by Crippen LogP contribution is -3.06. The van der Waals surface area contributed by atoms with Gasteiger partial charge in [-0.2, -0.15) is 4.58 Å². The number of hydrogen-bond donors (Lipinski definition) is 1. The molecule has 0 fully saturated rings. The molecule has 5 nitrogen and oxygen atoms in total. The Labute approximate surface area is 90.5 Å². The average Bonchev–Trinajstić information content (AvgIpc) is 2.51. The minimum absolute atomic E-state index is 0.272. The van der Waals surface area contributed by atoms with Crippen LogP contribution in [0.2, 0.25) is 0 Å². The van der Waals surface area contributed by atoms with Crippen molar-refractivity contribution in [2.75, 3.05) is 18.8 Å². The molecule has 0 aromatic heterocycles. The lowest BCUT2D eigenvalue weighted by molar-refractivity contribution is -0.749. The lowest BCUT2D eigenvalue weighted by atomic mass is 10.4. The summed E-state index contributed by atoms with van der Waals surface area (Å²) in [5.41, 5.74) is 0. The standard InChI is InChI=1S/C9H16N2O3S/c1-2-4-10-6-7-11(9-10)5-3-8-15(12,13)14/h6-7,9H,2-5,8H2,1H3/p+1. The van der Waals surface area contributed by atoms with E-state index in [1.54, 1.807) is 0 Å². The van der Waals surface area contributed by atoms with E-state index in [9.17, 15) is 13.0 Å².